The molecular weight excluding hydrogens is 415 g/mol. The summed E-state index contributed by atoms with van der Waals surface area (Å²) in [5.41, 5.74) is 1.33. The Bertz CT molecular complexity index is 1110. The minimum atomic E-state index is -0.625. The van der Waals surface area contributed by atoms with Gasteiger partial charge in [-0.25, -0.2) is 9.18 Å². The lowest BCUT2D eigenvalue weighted by atomic mass is 10.1. The summed E-state index contributed by atoms with van der Waals surface area (Å²) in [5.74, 6) is 0.0767. The molecule has 0 spiro atoms. The normalized spacial score (nSPS) is 10.6. The summed E-state index contributed by atoms with van der Waals surface area (Å²) in [6, 6.07) is 14.9. The number of methoxy groups -OCH3 is 3. The maximum Gasteiger partial charge on any atom is 0.343 e. The van der Waals surface area contributed by atoms with Crippen LogP contribution in [-0.4, -0.2) is 33.1 Å². The van der Waals surface area contributed by atoms with E-state index in [0.29, 0.717) is 28.4 Å². The van der Waals surface area contributed by atoms with Gasteiger partial charge in [-0.2, -0.15) is 0 Å². The number of ketones is 1. The van der Waals surface area contributed by atoms with Gasteiger partial charge in [-0.15, -0.1) is 0 Å². The van der Waals surface area contributed by atoms with Crippen molar-refractivity contribution in [1.29, 1.82) is 0 Å². The maximum absolute atomic E-state index is 13.0. The van der Waals surface area contributed by atoms with Gasteiger partial charge in [-0.1, -0.05) is 18.2 Å². The lowest BCUT2D eigenvalue weighted by Gasteiger charge is -2.13. The minimum Gasteiger partial charge on any atom is -0.493 e. The van der Waals surface area contributed by atoms with Gasteiger partial charge >= 0.3 is 5.97 Å². The zero-order chi connectivity index (χ0) is 23.1. The molecule has 6 nitrogen and oxygen atoms in total. The van der Waals surface area contributed by atoms with Gasteiger partial charge in [0.05, 0.1) is 26.9 Å². The molecule has 164 valence electrons. The topological polar surface area (TPSA) is 71.1 Å². The zero-order valence-electron chi connectivity index (χ0n) is 17.8. The number of ether oxygens (including phenoxy) is 4. The molecule has 0 aliphatic rings. The van der Waals surface area contributed by atoms with Crippen LogP contribution in [0.3, 0.4) is 0 Å². The van der Waals surface area contributed by atoms with Gasteiger partial charge in [-0.05, 0) is 60.2 Å². The maximum atomic E-state index is 13.0. The summed E-state index contributed by atoms with van der Waals surface area (Å²) in [4.78, 5) is 24.9. The molecule has 0 atom stereocenters. The van der Waals surface area contributed by atoms with E-state index in [-0.39, 0.29) is 22.9 Å². The van der Waals surface area contributed by atoms with Crippen LogP contribution < -0.4 is 18.9 Å². The highest BCUT2D eigenvalue weighted by Crippen LogP contribution is 2.38. The Labute approximate surface area is 184 Å². The van der Waals surface area contributed by atoms with Crippen LogP contribution in [0.2, 0.25) is 0 Å². The highest BCUT2D eigenvalue weighted by atomic mass is 19.1. The van der Waals surface area contributed by atoms with Gasteiger partial charge in [-0.3, -0.25) is 4.79 Å². The number of hydrogen-bond donors (Lipinski definition) is 0. The van der Waals surface area contributed by atoms with Gasteiger partial charge in [0.25, 0.3) is 0 Å². The standard InChI is InChI=1S/C25H21FO6/c1-29-22-14-18(15-23(30-2)24(22)31-3)25(28)32-20-11-7-17(8-12-20)21(27)13-6-16-4-9-19(26)10-5-16/h4-15H,1-3H3. The molecule has 0 amide bonds. The molecular formula is C25H21FO6. The van der Waals surface area contributed by atoms with E-state index in [0.717, 1.165) is 0 Å². The van der Waals surface area contributed by atoms with Gasteiger partial charge in [0.15, 0.2) is 17.3 Å². The summed E-state index contributed by atoms with van der Waals surface area (Å²) in [6.45, 7) is 0. The van der Waals surface area contributed by atoms with Crippen molar-refractivity contribution in [2.24, 2.45) is 0 Å². The predicted molar refractivity (Wildman–Crippen MR) is 117 cm³/mol. The monoisotopic (exact) mass is 436 g/mol. The Morgan fingerprint density at radius 3 is 1.91 bits per heavy atom. The Morgan fingerprint density at radius 1 is 0.781 bits per heavy atom. The first-order chi connectivity index (χ1) is 15.4. The Hall–Kier alpha value is -4.13. The molecule has 3 rings (SSSR count). The van der Waals surface area contributed by atoms with Crippen LogP contribution in [0.5, 0.6) is 23.0 Å². The van der Waals surface area contributed by atoms with E-state index < -0.39 is 5.97 Å². The van der Waals surface area contributed by atoms with Gasteiger partial charge < -0.3 is 18.9 Å². The second-order valence-corrected chi connectivity index (χ2v) is 6.58. The Kier molecular flexibility index (Phi) is 7.23. The summed E-state index contributed by atoms with van der Waals surface area (Å²) in [5, 5.41) is 0. The number of hydrogen-bond acceptors (Lipinski definition) is 6. The van der Waals surface area contributed by atoms with Crippen molar-refractivity contribution in [2.45, 2.75) is 0 Å². The number of benzene rings is 3. The number of esters is 1. The first-order valence-corrected chi connectivity index (χ1v) is 9.55. The van der Waals surface area contributed by atoms with Crippen molar-refractivity contribution >= 4 is 17.8 Å². The van der Waals surface area contributed by atoms with Crippen LogP contribution in [0.15, 0.2) is 66.7 Å². The smallest absolute Gasteiger partial charge is 0.343 e. The Balaban J connectivity index is 1.70. The summed E-state index contributed by atoms with van der Waals surface area (Å²) < 4.78 is 34.1. The van der Waals surface area contributed by atoms with Gasteiger partial charge in [0.2, 0.25) is 5.75 Å². The summed E-state index contributed by atoms with van der Waals surface area (Å²) in [6.07, 6.45) is 2.99. The third-order valence-electron chi connectivity index (χ3n) is 4.55. The molecule has 0 unspecified atom stereocenters. The summed E-state index contributed by atoms with van der Waals surface area (Å²) in [7, 11) is 4.37. The van der Waals surface area contributed by atoms with Gasteiger partial charge in [0.1, 0.15) is 11.6 Å². The number of carbonyl (C=O) groups is 2. The summed E-state index contributed by atoms with van der Waals surface area (Å²) >= 11 is 0. The molecule has 0 aliphatic heterocycles. The van der Waals surface area contributed by atoms with E-state index in [1.54, 1.807) is 30.3 Å². The van der Waals surface area contributed by atoms with E-state index in [1.807, 2.05) is 0 Å². The molecule has 0 saturated carbocycles. The molecule has 0 N–H and O–H groups in total. The molecule has 32 heavy (non-hydrogen) atoms. The van der Waals surface area contributed by atoms with E-state index in [4.69, 9.17) is 18.9 Å². The first kappa shape index (κ1) is 22.6. The number of rotatable bonds is 8. The molecule has 0 fully saturated rings. The van der Waals surface area contributed by atoms with Crippen molar-refractivity contribution in [3.8, 4) is 23.0 Å². The van der Waals surface area contributed by atoms with Gasteiger partial charge in [0, 0.05) is 5.56 Å². The van der Waals surface area contributed by atoms with Crippen LogP contribution in [0.1, 0.15) is 26.3 Å². The molecule has 0 saturated heterocycles. The highest BCUT2D eigenvalue weighted by molar-refractivity contribution is 6.06. The second kappa shape index (κ2) is 10.3. The fourth-order valence-corrected chi connectivity index (χ4v) is 2.89. The van der Waals surface area contributed by atoms with E-state index in [1.165, 1.54) is 63.8 Å². The molecule has 0 aliphatic carbocycles. The minimum absolute atomic E-state index is 0.210. The second-order valence-electron chi connectivity index (χ2n) is 6.58. The van der Waals surface area contributed by atoms with Crippen LogP contribution in [-0.2, 0) is 0 Å². The lowest BCUT2D eigenvalue weighted by Crippen LogP contribution is -2.10. The van der Waals surface area contributed by atoms with E-state index in [2.05, 4.69) is 0 Å². The van der Waals surface area contributed by atoms with Crippen molar-refractivity contribution in [2.75, 3.05) is 21.3 Å². The third-order valence-corrected chi connectivity index (χ3v) is 4.55. The molecule has 3 aromatic carbocycles. The predicted octanol–water partition coefficient (Wildman–Crippen LogP) is 4.97. The van der Waals surface area contributed by atoms with Crippen LogP contribution >= 0.6 is 0 Å². The van der Waals surface area contributed by atoms with Crippen LogP contribution in [0.25, 0.3) is 6.08 Å². The Morgan fingerprint density at radius 2 is 1.38 bits per heavy atom. The first-order valence-electron chi connectivity index (χ1n) is 9.55. The lowest BCUT2D eigenvalue weighted by molar-refractivity contribution is 0.0733. The van der Waals surface area contributed by atoms with E-state index >= 15 is 0 Å². The largest absolute Gasteiger partial charge is 0.493 e. The number of carbonyl (C=O) groups excluding carboxylic acids is 2. The van der Waals surface area contributed by atoms with Crippen molar-refractivity contribution < 1.29 is 32.9 Å². The molecule has 0 heterocycles. The van der Waals surface area contributed by atoms with Crippen molar-refractivity contribution in [3.05, 3.63) is 89.2 Å². The van der Waals surface area contributed by atoms with Crippen molar-refractivity contribution in [1.82, 2.24) is 0 Å². The zero-order valence-corrected chi connectivity index (χ0v) is 17.8. The van der Waals surface area contributed by atoms with Crippen molar-refractivity contribution in [3.63, 3.8) is 0 Å². The molecule has 3 aromatic rings. The van der Waals surface area contributed by atoms with Crippen LogP contribution in [0.4, 0.5) is 4.39 Å². The SMILES string of the molecule is COc1cc(C(=O)Oc2ccc(C(=O)C=Cc3ccc(F)cc3)cc2)cc(OC)c1OC. The molecule has 0 aromatic heterocycles. The highest BCUT2D eigenvalue weighted by Gasteiger charge is 2.18. The molecule has 0 radical (unpaired) electrons. The number of halogens is 1. The molecule has 7 heteroatoms. The fourth-order valence-electron chi connectivity index (χ4n) is 2.89. The van der Waals surface area contributed by atoms with Crippen LogP contribution in [0, 0.1) is 5.82 Å². The average molecular weight is 436 g/mol. The fraction of sp³-hybridized carbons (Fsp3) is 0.120. The van der Waals surface area contributed by atoms with E-state index in [9.17, 15) is 14.0 Å². The quantitative estimate of drug-likeness (QED) is 0.215. The molecule has 0 bridgehead atoms. The third kappa shape index (κ3) is 5.31. The number of allylic oxidation sites excluding steroid dienone is 1. The average Bonchev–Trinajstić information content (AvgIpc) is 2.82.